The van der Waals surface area contributed by atoms with Crippen LogP contribution in [0.5, 0.6) is 5.75 Å². The molecule has 4 aliphatic rings. The summed E-state index contributed by atoms with van der Waals surface area (Å²) in [6, 6.07) is 12.2. The van der Waals surface area contributed by atoms with Crippen LogP contribution in [0.2, 0.25) is 0 Å². The Morgan fingerprint density at radius 2 is 1.79 bits per heavy atom. The molecule has 0 aromatic heterocycles. The number of carbonyl (C=O) groups is 3. The molecular weight excluding hydrogens is 538 g/mol. The van der Waals surface area contributed by atoms with Crippen LogP contribution in [-0.4, -0.2) is 68.5 Å². The Balaban J connectivity index is 1.39. The minimum Gasteiger partial charge on any atom is -0.508 e. The highest BCUT2D eigenvalue weighted by atomic mass is 16.3. The number of anilines is 1. The van der Waals surface area contributed by atoms with Gasteiger partial charge in [0.15, 0.2) is 11.4 Å². The number of likely N-dealkylation sites (N-methyl/N-ethyl adjacent to an activating group) is 1. The molecule has 4 aliphatic carbocycles. The highest BCUT2D eigenvalue weighted by Crippen LogP contribution is 2.53. The second-order valence-electron chi connectivity index (χ2n) is 11.5. The second kappa shape index (κ2) is 9.71. The number of phenolic OH excluding ortho intramolecular Hbond substituents is 1. The number of aromatic hydroxyl groups is 1. The average Bonchev–Trinajstić information content (AvgIpc) is 3.41. The van der Waals surface area contributed by atoms with Crippen molar-refractivity contribution in [1.29, 1.82) is 0 Å². The molecule has 2 aromatic rings. The number of allylic oxidation sites excluding steroid dienone is 3. The van der Waals surface area contributed by atoms with Gasteiger partial charge in [-0.15, -0.1) is 0 Å². The van der Waals surface area contributed by atoms with Crippen molar-refractivity contribution in [2.24, 2.45) is 17.6 Å². The van der Waals surface area contributed by atoms with E-state index in [2.05, 4.69) is 11.4 Å². The van der Waals surface area contributed by atoms with Crippen LogP contribution in [-0.2, 0) is 20.8 Å². The van der Waals surface area contributed by atoms with Gasteiger partial charge < -0.3 is 31.5 Å². The smallest absolute Gasteiger partial charge is 0.255 e. The van der Waals surface area contributed by atoms with Gasteiger partial charge in [0, 0.05) is 23.6 Å². The van der Waals surface area contributed by atoms with Crippen LogP contribution in [0.25, 0.3) is 11.3 Å². The van der Waals surface area contributed by atoms with E-state index < -0.39 is 58.0 Å². The predicted octanol–water partition coefficient (Wildman–Crippen LogP) is 2.75. The quantitative estimate of drug-likeness (QED) is 0.234. The Morgan fingerprint density at radius 3 is 2.45 bits per heavy atom. The Morgan fingerprint density at radius 1 is 1.07 bits per heavy atom. The van der Waals surface area contributed by atoms with Crippen molar-refractivity contribution >= 4 is 34.5 Å². The number of carbonyl (C=O) groups excluding carboxylic acids is 3. The number of ketones is 2. The van der Waals surface area contributed by atoms with Crippen LogP contribution in [0.3, 0.4) is 0 Å². The molecule has 4 atom stereocenters. The van der Waals surface area contributed by atoms with E-state index in [4.69, 9.17) is 5.73 Å². The topological polar surface area (TPSA) is 173 Å². The fourth-order valence-corrected chi connectivity index (χ4v) is 6.94. The van der Waals surface area contributed by atoms with E-state index in [1.54, 1.807) is 26.2 Å². The summed E-state index contributed by atoms with van der Waals surface area (Å²) in [5.41, 5.74) is 5.58. The summed E-state index contributed by atoms with van der Waals surface area (Å²) >= 11 is 0. The molecule has 0 unspecified atom stereocenters. The van der Waals surface area contributed by atoms with Crippen molar-refractivity contribution < 1.29 is 34.8 Å². The van der Waals surface area contributed by atoms with E-state index in [1.165, 1.54) is 4.90 Å². The molecule has 1 saturated carbocycles. The van der Waals surface area contributed by atoms with Gasteiger partial charge in [-0.25, -0.2) is 0 Å². The minimum atomic E-state index is -2.66. The Bertz CT molecular complexity index is 1680. The van der Waals surface area contributed by atoms with Crippen molar-refractivity contribution in [3.8, 4) is 5.75 Å². The fourth-order valence-electron chi connectivity index (χ4n) is 6.94. The molecule has 6 rings (SSSR count). The predicted molar refractivity (Wildman–Crippen MR) is 155 cm³/mol. The van der Waals surface area contributed by atoms with Crippen LogP contribution in [0.15, 0.2) is 77.2 Å². The number of primary amides is 1. The third-order valence-corrected chi connectivity index (χ3v) is 8.87. The lowest BCUT2D eigenvalue weighted by Gasteiger charge is -2.50. The molecule has 216 valence electrons. The van der Waals surface area contributed by atoms with Crippen molar-refractivity contribution in [3.63, 3.8) is 0 Å². The average molecular weight is 570 g/mol. The summed E-state index contributed by atoms with van der Waals surface area (Å²) in [5, 5.41) is 48.7. The monoisotopic (exact) mass is 569 g/mol. The van der Waals surface area contributed by atoms with E-state index in [0.717, 1.165) is 16.8 Å². The van der Waals surface area contributed by atoms with Gasteiger partial charge in [-0.05, 0) is 61.7 Å². The number of nitrogens with zero attached hydrogens (tertiary/aromatic N) is 1. The Kier molecular flexibility index (Phi) is 6.36. The maximum Gasteiger partial charge on any atom is 0.255 e. The van der Waals surface area contributed by atoms with Crippen molar-refractivity contribution in [2.75, 3.05) is 19.4 Å². The van der Waals surface area contributed by atoms with Crippen molar-refractivity contribution in [3.05, 3.63) is 93.9 Å². The van der Waals surface area contributed by atoms with Gasteiger partial charge >= 0.3 is 0 Å². The Labute approximate surface area is 241 Å². The number of amides is 1. The summed E-state index contributed by atoms with van der Waals surface area (Å²) in [5.74, 6) is -6.68. The van der Waals surface area contributed by atoms with E-state index >= 15 is 0 Å². The third kappa shape index (κ3) is 3.90. The molecule has 0 heterocycles. The highest BCUT2D eigenvalue weighted by molar-refractivity contribution is 6.24. The number of fused-ring (bicyclic) bond motifs is 3. The number of benzene rings is 2. The molecule has 10 heteroatoms. The SMILES string of the molecule is CN(C)[C@@H]1C(=O)C(C(N)=O)=C(O)[C@@]2(O)C(=O)C3=C(O)c4c(ccc(NC5=CC(c6ccccc6)=CC5)c4O)C[C@H]3C[C@@H]12. The maximum absolute atomic E-state index is 14.0. The van der Waals surface area contributed by atoms with Gasteiger partial charge in [-0.3, -0.25) is 19.3 Å². The van der Waals surface area contributed by atoms with E-state index in [-0.39, 0.29) is 29.7 Å². The van der Waals surface area contributed by atoms with Crippen molar-refractivity contribution in [2.45, 2.75) is 30.9 Å². The number of hydrogen-bond donors (Lipinski definition) is 6. The van der Waals surface area contributed by atoms with Gasteiger partial charge in [0.25, 0.3) is 5.91 Å². The fraction of sp³-hybridized carbons (Fsp3) is 0.281. The van der Waals surface area contributed by atoms with Crippen LogP contribution < -0.4 is 11.1 Å². The van der Waals surface area contributed by atoms with E-state index in [0.29, 0.717) is 17.7 Å². The molecule has 7 N–H and O–H groups in total. The zero-order chi connectivity index (χ0) is 30.1. The number of phenols is 1. The van der Waals surface area contributed by atoms with Gasteiger partial charge in [-0.1, -0.05) is 42.5 Å². The van der Waals surface area contributed by atoms with Crippen LogP contribution >= 0.6 is 0 Å². The normalized spacial score (nSPS) is 26.9. The zero-order valence-corrected chi connectivity index (χ0v) is 23.1. The zero-order valence-electron chi connectivity index (χ0n) is 23.1. The molecule has 1 fully saturated rings. The first-order valence-electron chi connectivity index (χ1n) is 13.7. The van der Waals surface area contributed by atoms with Crippen LogP contribution in [0.4, 0.5) is 5.69 Å². The summed E-state index contributed by atoms with van der Waals surface area (Å²) < 4.78 is 0. The minimum absolute atomic E-state index is 0.0473. The molecule has 0 radical (unpaired) electrons. The molecule has 1 amide bonds. The number of aliphatic hydroxyl groups is 3. The lowest BCUT2D eigenvalue weighted by Crippen LogP contribution is -2.65. The summed E-state index contributed by atoms with van der Waals surface area (Å²) in [6.07, 6.45) is 4.92. The molecule has 10 nitrogen and oxygen atoms in total. The Hall–Kier alpha value is -4.67. The number of nitrogens with two attached hydrogens (primary N) is 1. The van der Waals surface area contributed by atoms with Crippen molar-refractivity contribution in [1.82, 2.24) is 4.90 Å². The number of Topliss-reactive ketones (excluding diaryl/α,β-unsaturated/α-hetero) is 2. The summed E-state index contributed by atoms with van der Waals surface area (Å²) in [7, 11) is 3.14. The number of aliphatic hydroxyl groups excluding tert-OH is 2. The molecule has 42 heavy (non-hydrogen) atoms. The van der Waals surface area contributed by atoms with Gasteiger partial charge in [0.2, 0.25) is 5.78 Å². The lowest BCUT2D eigenvalue weighted by atomic mass is 9.57. The first-order valence-corrected chi connectivity index (χ1v) is 13.7. The largest absolute Gasteiger partial charge is 0.508 e. The molecule has 2 aromatic carbocycles. The molecule has 0 bridgehead atoms. The number of rotatable bonds is 5. The van der Waals surface area contributed by atoms with E-state index in [9.17, 15) is 34.8 Å². The van der Waals surface area contributed by atoms with Gasteiger partial charge in [0.1, 0.15) is 22.8 Å². The standard InChI is InChI=1S/C32H31N3O7/c1-35(2)25-20-14-18-12-17-9-11-21(34-19-10-8-16(13-19)15-6-4-3-5-7-15)26(36)22(17)27(37)23(18)29(39)32(20,42)30(40)24(28(25)38)31(33)41/h3-9,11,13,18,20,25,34,36-37,40,42H,10,12,14H2,1-2H3,(H2,33,41)/t18-,20-,25-,32-/m0/s1. The lowest BCUT2D eigenvalue weighted by molar-refractivity contribution is -0.153. The maximum atomic E-state index is 14.0. The number of nitrogens with one attached hydrogen (secondary N) is 1. The van der Waals surface area contributed by atoms with Crippen LogP contribution in [0.1, 0.15) is 29.5 Å². The summed E-state index contributed by atoms with van der Waals surface area (Å²) in [4.78, 5) is 40.8. The molecule has 0 saturated heterocycles. The van der Waals surface area contributed by atoms with Gasteiger partial charge in [0.05, 0.1) is 17.3 Å². The summed E-state index contributed by atoms with van der Waals surface area (Å²) in [6.45, 7) is 0. The third-order valence-electron chi connectivity index (χ3n) is 8.87. The molecule has 0 spiro atoms. The molecular formula is C32H31N3O7. The first-order chi connectivity index (χ1) is 19.9. The van der Waals surface area contributed by atoms with Crippen LogP contribution in [0, 0.1) is 11.8 Å². The second-order valence-corrected chi connectivity index (χ2v) is 11.5. The highest BCUT2D eigenvalue weighted by Gasteiger charge is 2.64. The first kappa shape index (κ1) is 27.5. The van der Waals surface area contributed by atoms with Gasteiger partial charge in [-0.2, -0.15) is 0 Å². The van der Waals surface area contributed by atoms with E-state index in [1.807, 2.05) is 36.4 Å². The number of hydrogen-bond acceptors (Lipinski definition) is 9. The molecule has 0 aliphatic heterocycles.